The number of hydrogen-bond acceptors (Lipinski definition) is 3. The van der Waals surface area contributed by atoms with Gasteiger partial charge in [0, 0.05) is 0 Å². The second kappa shape index (κ2) is 4.73. The quantitative estimate of drug-likeness (QED) is 0.780. The minimum absolute atomic E-state index is 0.261. The smallest absolute Gasteiger partial charge is 0.243 e. The fourth-order valence-corrected chi connectivity index (χ4v) is 1.67. The Morgan fingerprint density at radius 1 is 1.65 bits per heavy atom. The summed E-state index contributed by atoms with van der Waals surface area (Å²) >= 11 is 5.98. The molecule has 2 rings (SSSR count). The molecule has 1 amide bonds. The molecule has 1 aromatic carbocycles. The van der Waals surface area contributed by atoms with Gasteiger partial charge in [-0.25, -0.2) is 4.98 Å². The molecule has 1 atom stereocenters. The Labute approximate surface area is 103 Å². The third-order valence-electron chi connectivity index (χ3n) is 2.48. The van der Waals surface area contributed by atoms with E-state index >= 15 is 0 Å². The van der Waals surface area contributed by atoms with Crippen molar-refractivity contribution in [1.29, 1.82) is 0 Å². The average Bonchev–Trinajstić information content (AvgIpc) is 2.72. The van der Waals surface area contributed by atoms with Crippen molar-refractivity contribution in [3.8, 4) is 0 Å². The second-order valence-corrected chi connectivity index (χ2v) is 4.13. The summed E-state index contributed by atoms with van der Waals surface area (Å²) in [6.45, 7) is 1.85. The molecule has 0 unspecified atom stereocenters. The van der Waals surface area contributed by atoms with Crippen LogP contribution in [0.5, 0.6) is 0 Å². The van der Waals surface area contributed by atoms with E-state index in [1.54, 1.807) is 6.07 Å². The number of aromatic amines is 1. The molecule has 0 bridgehead atoms. The lowest BCUT2D eigenvalue weighted by atomic mass is 10.2. The lowest BCUT2D eigenvalue weighted by Crippen LogP contribution is -2.35. The number of para-hydroxylation sites is 1. The topological polar surface area (TPSA) is 83.8 Å². The van der Waals surface area contributed by atoms with Gasteiger partial charge in [-0.05, 0) is 18.6 Å². The predicted molar refractivity (Wildman–Crippen MR) is 68.0 cm³/mol. The van der Waals surface area contributed by atoms with Crippen molar-refractivity contribution in [3.05, 3.63) is 23.2 Å². The number of H-pyrrole nitrogens is 1. The summed E-state index contributed by atoms with van der Waals surface area (Å²) in [5, 5.41) is 3.16. The lowest BCUT2D eigenvalue weighted by Gasteiger charge is -2.06. The highest BCUT2D eigenvalue weighted by molar-refractivity contribution is 6.35. The maximum atomic E-state index is 11.6. The summed E-state index contributed by atoms with van der Waals surface area (Å²) in [5.74, 6) is 0.102. The number of imidazole rings is 1. The Balaban J connectivity index is 2.26. The van der Waals surface area contributed by atoms with E-state index < -0.39 is 6.04 Å². The van der Waals surface area contributed by atoms with E-state index in [1.165, 1.54) is 0 Å². The zero-order valence-electron chi connectivity index (χ0n) is 9.33. The molecule has 1 heterocycles. The van der Waals surface area contributed by atoms with Gasteiger partial charge in [0.25, 0.3) is 0 Å². The zero-order valence-corrected chi connectivity index (χ0v) is 10.1. The van der Waals surface area contributed by atoms with E-state index in [1.807, 2.05) is 19.1 Å². The highest BCUT2D eigenvalue weighted by Crippen LogP contribution is 2.22. The normalized spacial score (nSPS) is 12.6. The molecule has 0 fully saturated rings. The van der Waals surface area contributed by atoms with Gasteiger partial charge >= 0.3 is 0 Å². The maximum absolute atomic E-state index is 11.6. The van der Waals surface area contributed by atoms with Gasteiger partial charge in [0.1, 0.15) is 5.52 Å². The molecule has 0 saturated carbocycles. The Kier molecular flexibility index (Phi) is 3.31. The number of fused-ring (bicyclic) bond motifs is 1. The summed E-state index contributed by atoms with van der Waals surface area (Å²) in [7, 11) is 0. The summed E-state index contributed by atoms with van der Waals surface area (Å²) in [6, 6.07) is 4.86. The molecule has 2 aromatic rings. The average molecular weight is 253 g/mol. The number of nitrogens with one attached hydrogen (secondary N) is 2. The maximum Gasteiger partial charge on any atom is 0.243 e. The van der Waals surface area contributed by atoms with Crippen LogP contribution in [0.3, 0.4) is 0 Å². The van der Waals surface area contributed by atoms with Crippen LogP contribution in [-0.4, -0.2) is 21.9 Å². The highest BCUT2D eigenvalue weighted by atomic mass is 35.5. The van der Waals surface area contributed by atoms with E-state index in [0.717, 1.165) is 5.52 Å². The minimum atomic E-state index is -0.529. The van der Waals surface area contributed by atoms with Crippen molar-refractivity contribution in [2.45, 2.75) is 19.4 Å². The molecule has 90 valence electrons. The van der Waals surface area contributed by atoms with E-state index in [-0.39, 0.29) is 5.91 Å². The molecule has 1 aromatic heterocycles. The molecule has 0 aliphatic rings. The molecule has 0 saturated heterocycles. The number of halogens is 1. The molecule has 0 aliphatic carbocycles. The SMILES string of the molecule is CC[C@H](N)C(=O)Nc1nc2c(Cl)cccc2[nH]1. The molecule has 0 aliphatic heterocycles. The molecule has 0 radical (unpaired) electrons. The van der Waals surface area contributed by atoms with Crippen LogP contribution < -0.4 is 11.1 Å². The van der Waals surface area contributed by atoms with Crippen LogP contribution in [0, 0.1) is 0 Å². The number of anilines is 1. The molecule has 17 heavy (non-hydrogen) atoms. The standard InChI is InChI=1S/C11H13ClN4O/c1-2-7(13)10(17)16-11-14-8-5-3-4-6(12)9(8)15-11/h3-5,7H,2,13H2,1H3,(H2,14,15,16,17)/t7-/m0/s1. The van der Waals surface area contributed by atoms with Crippen LogP contribution in [0.15, 0.2) is 18.2 Å². The number of rotatable bonds is 3. The van der Waals surface area contributed by atoms with E-state index in [2.05, 4.69) is 15.3 Å². The van der Waals surface area contributed by atoms with Crippen molar-refractivity contribution in [2.24, 2.45) is 5.73 Å². The number of carbonyl (C=O) groups excluding carboxylic acids is 1. The Hall–Kier alpha value is -1.59. The molecule has 6 heteroatoms. The Morgan fingerprint density at radius 3 is 3.06 bits per heavy atom. The van der Waals surface area contributed by atoms with Gasteiger partial charge in [0.2, 0.25) is 11.9 Å². The molecule has 5 nitrogen and oxygen atoms in total. The van der Waals surface area contributed by atoms with Crippen molar-refractivity contribution in [2.75, 3.05) is 5.32 Å². The van der Waals surface area contributed by atoms with E-state index in [9.17, 15) is 4.79 Å². The van der Waals surface area contributed by atoms with E-state index in [4.69, 9.17) is 17.3 Å². The predicted octanol–water partition coefficient (Wildman–Crippen LogP) is 1.89. The van der Waals surface area contributed by atoms with Crippen LogP contribution in [0.2, 0.25) is 5.02 Å². The number of benzene rings is 1. The van der Waals surface area contributed by atoms with Crippen LogP contribution >= 0.6 is 11.6 Å². The molecule has 4 N–H and O–H groups in total. The summed E-state index contributed by atoms with van der Waals surface area (Å²) in [4.78, 5) is 18.7. The summed E-state index contributed by atoms with van der Waals surface area (Å²) < 4.78 is 0. The number of carbonyl (C=O) groups is 1. The van der Waals surface area contributed by atoms with Crippen molar-refractivity contribution in [1.82, 2.24) is 9.97 Å². The van der Waals surface area contributed by atoms with Gasteiger partial charge in [-0.1, -0.05) is 24.6 Å². The van der Waals surface area contributed by atoms with Gasteiger partial charge in [0.15, 0.2) is 0 Å². The summed E-state index contributed by atoms with van der Waals surface area (Å²) in [5.41, 5.74) is 7.02. The molecular formula is C11H13ClN4O. The van der Waals surface area contributed by atoms with Gasteiger partial charge in [-0.3, -0.25) is 10.1 Å². The second-order valence-electron chi connectivity index (χ2n) is 3.73. The monoisotopic (exact) mass is 252 g/mol. The minimum Gasteiger partial charge on any atom is -0.324 e. The zero-order chi connectivity index (χ0) is 12.4. The van der Waals surface area contributed by atoms with Crippen LogP contribution in [-0.2, 0) is 4.79 Å². The Bertz CT molecular complexity index is 551. The first-order chi connectivity index (χ1) is 8.11. The number of amides is 1. The Morgan fingerprint density at radius 2 is 2.41 bits per heavy atom. The van der Waals surface area contributed by atoms with Crippen molar-refractivity contribution >= 4 is 34.5 Å². The van der Waals surface area contributed by atoms with Crippen molar-refractivity contribution in [3.63, 3.8) is 0 Å². The first-order valence-corrected chi connectivity index (χ1v) is 5.70. The largest absolute Gasteiger partial charge is 0.324 e. The van der Waals surface area contributed by atoms with Crippen molar-refractivity contribution < 1.29 is 4.79 Å². The van der Waals surface area contributed by atoms with Gasteiger partial charge < -0.3 is 10.7 Å². The lowest BCUT2D eigenvalue weighted by molar-refractivity contribution is -0.117. The molecule has 0 spiro atoms. The number of aromatic nitrogens is 2. The first-order valence-electron chi connectivity index (χ1n) is 5.32. The van der Waals surface area contributed by atoms with Gasteiger partial charge in [-0.2, -0.15) is 0 Å². The number of nitrogens with two attached hydrogens (primary N) is 1. The molecular weight excluding hydrogens is 240 g/mol. The third-order valence-corrected chi connectivity index (χ3v) is 2.79. The first kappa shape index (κ1) is 11.9. The van der Waals surface area contributed by atoms with Crippen LogP contribution in [0.25, 0.3) is 11.0 Å². The van der Waals surface area contributed by atoms with Gasteiger partial charge in [0.05, 0.1) is 16.6 Å². The van der Waals surface area contributed by atoms with Crippen LogP contribution in [0.1, 0.15) is 13.3 Å². The van der Waals surface area contributed by atoms with E-state index in [0.29, 0.717) is 22.9 Å². The van der Waals surface area contributed by atoms with Crippen LogP contribution in [0.4, 0.5) is 5.95 Å². The highest BCUT2D eigenvalue weighted by Gasteiger charge is 2.13. The number of nitrogens with zero attached hydrogens (tertiary/aromatic N) is 1. The third kappa shape index (κ3) is 2.40. The van der Waals surface area contributed by atoms with Gasteiger partial charge in [-0.15, -0.1) is 0 Å². The fourth-order valence-electron chi connectivity index (χ4n) is 1.45. The summed E-state index contributed by atoms with van der Waals surface area (Å²) in [6.07, 6.45) is 0.576. The fraction of sp³-hybridized carbons (Fsp3) is 0.273. The number of hydrogen-bond donors (Lipinski definition) is 3.